The molecule has 0 saturated heterocycles. The molecule has 0 fully saturated rings. The number of aromatic amines is 1. The number of nitrogens with one attached hydrogen (secondary N) is 1. The Hall–Kier alpha value is -1.81. The van der Waals surface area contributed by atoms with Crippen molar-refractivity contribution in [1.82, 2.24) is 9.38 Å². The predicted molar refractivity (Wildman–Crippen MR) is 66.1 cm³/mol. The zero-order valence-electron chi connectivity index (χ0n) is 8.73. The summed E-state index contributed by atoms with van der Waals surface area (Å²) in [5, 5.41) is 0. The summed E-state index contributed by atoms with van der Waals surface area (Å²) in [7, 11) is 0. The molecule has 0 amide bonds. The molecule has 0 spiro atoms. The van der Waals surface area contributed by atoms with Gasteiger partial charge in [0, 0.05) is 29.4 Å². The standard InChI is InChI=1S/C12H10N2OS/c1-8-2-3-11(16-8)10-7-14-5-4-9(15)6-12(14)13-10/h2-7,13H,1H3. The molecule has 3 aromatic rings. The van der Waals surface area contributed by atoms with E-state index in [2.05, 4.69) is 24.0 Å². The Kier molecular flexibility index (Phi) is 1.97. The zero-order valence-corrected chi connectivity index (χ0v) is 9.54. The Morgan fingerprint density at radius 1 is 1.31 bits per heavy atom. The highest BCUT2D eigenvalue weighted by Gasteiger charge is 2.04. The van der Waals surface area contributed by atoms with Crippen LogP contribution in [-0.2, 0) is 0 Å². The monoisotopic (exact) mass is 230 g/mol. The van der Waals surface area contributed by atoms with Crippen molar-refractivity contribution in [1.29, 1.82) is 0 Å². The number of hydrogen-bond donors (Lipinski definition) is 1. The highest BCUT2D eigenvalue weighted by Crippen LogP contribution is 2.26. The first-order valence-electron chi connectivity index (χ1n) is 5.00. The summed E-state index contributed by atoms with van der Waals surface area (Å²) < 4.78 is 1.92. The molecule has 0 aliphatic heterocycles. The van der Waals surface area contributed by atoms with Crippen LogP contribution in [-0.4, -0.2) is 9.38 Å². The number of nitrogens with zero attached hydrogens (tertiary/aromatic N) is 1. The molecule has 3 aromatic heterocycles. The highest BCUT2D eigenvalue weighted by atomic mass is 32.1. The van der Waals surface area contributed by atoms with Crippen LogP contribution in [0.15, 0.2) is 41.5 Å². The second-order valence-corrected chi connectivity index (χ2v) is 5.02. The molecule has 0 radical (unpaired) electrons. The summed E-state index contributed by atoms with van der Waals surface area (Å²) in [6.07, 6.45) is 3.78. The maximum absolute atomic E-state index is 11.2. The first-order valence-corrected chi connectivity index (χ1v) is 5.82. The molecule has 0 aliphatic carbocycles. The molecule has 0 saturated carbocycles. The summed E-state index contributed by atoms with van der Waals surface area (Å²) in [6, 6.07) is 7.34. The van der Waals surface area contributed by atoms with Crippen LogP contribution in [0.4, 0.5) is 0 Å². The van der Waals surface area contributed by atoms with Gasteiger partial charge in [-0.15, -0.1) is 11.3 Å². The first kappa shape index (κ1) is 9.42. The minimum absolute atomic E-state index is 0.0239. The van der Waals surface area contributed by atoms with Crippen LogP contribution in [0.5, 0.6) is 0 Å². The quantitative estimate of drug-likeness (QED) is 0.685. The number of aromatic nitrogens is 2. The lowest BCUT2D eigenvalue weighted by atomic mass is 10.4. The molecule has 0 bridgehead atoms. The lowest BCUT2D eigenvalue weighted by Gasteiger charge is -1.87. The second kappa shape index (κ2) is 3.35. The fourth-order valence-corrected chi connectivity index (χ4v) is 2.55. The molecule has 0 atom stereocenters. The van der Waals surface area contributed by atoms with E-state index in [1.54, 1.807) is 29.7 Å². The Bertz CT molecular complexity index is 705. The van der Waals surface area contributed by atoms with Crippen LogP contribution in [0.3, 0.4) is 0 Å². The van der Waals surface area contributed by atoms with Crippen molar-refractivity contribution in [2.24, 2.45) is 0 Å². The number of thiophene rings is 1. The molecule has 0 unspecified atom stereocenters. The van der Waals surface area contributed by atoms with E-state index in [1.807, 2.05) is 10.6 Å². The van der Waals surface area contributed by atoms with Gasteiger partial charge in [-0.2, -0.15) is 0 Å². The van der Waals surface area contributed by atoms with Crippen molar-refractivity contribution < 1.29 is 0 Å². The second-order valence-electron chi connectivity index (χ2n) is 3.73. The summed E-state index contributed by atoms with van der Waals surface area (Å²) in [4.78, 5) is 16.9. The topological polar surface area (TPSA) is 37.3 Å². The number of rotatable bonds is 1. The average molecular weight is 230 g/mol. The molecule has 3 rings (SSSR count). The molecule has 80 valence electrons. The van der Waals surface area contributed by atoms with Crippen LogP contribution >= 0.6 is 11.3 Å². The van der Waals surface area contributed by atoms with Gasteiger partial charge in [0.05, 0.1) is 10.6 Å². The van der Waals surface area contributed by atoms with E-state index in [4.69, 9.17) is 0 Å². The fraction of sp³-hybridized carbons (Fsp3) is 0.0833. The minimum atomic E-state index is 0.0239. The van der Waals surface area contributed by atoms with Gasteiger partial charge >= 0.3 is 0 Å². The summed E-state index contributed by atoms with van der Waals surface area (Å²) in [6.45, 7) is 2.08. The van der Waals surface area contributed by atoms with Gasteiger partial charge in [-0.3, -0.25) is 4.79 Å². The number of hydrogen-bond acceptors (Lipinski definition) is 2. The lowest BCUT2D eigenvalue weighted by molar-refractivity contribution is 1.18. The minimum Gasteiger partial charge on any atom is -0.339 e. The predicted octanol–water partition coefficient (Wildman–Crippen LogP) is 2.66. The first-order chi connectivity index (χ1) is 7.72. The highest BCUT2D eigenvalue weighted by molar-refractivity contribution is 7.15. The van der Waals surface area contributed by atoms with E-state index in [-0.39, 0.29) is 5.43 Å². The van der Waals surface area contributed by atoms with Crippen LogP contribution in [0.25, 0.3) is 16.2 Å². The van der Waals surface area contributed by atoms with E-state index < -0.39 is 0 Å². The van der Waals surface area contributed by atoms with Gasteiger partial charge in [-0.1, -0.05) is 0 Å². The van der Waals surface area contributed by atoms with E-state index in [9.17, 15) is 4.79 Å². The van der Waals surface area contributed by atoms with E-state index in [1.165, 1.54) is 9.75 Å². The summed E-state index contributed by atoms with van der Waals surface area (Å²) in [5.74, 6) is 0. The lowest BCUT2D eigenvalue weighted by Crippen LogP contribution is -1.97. The van der Waals surface area contributed by atoms with Gasteiger partial charge in [-0.05, 0) is 19.1 Å². The Morgan fingerprint density at radius 2 is 2.19 bits per heavy atom. The van der Waals surface area contributed by atoms with Gasteiger partial charge in [0.2, 0.25) is 0 Å². The average Bonchev–Trinajstić information content (AvgIpc) is 2.83. The molecule has 1 N–H and O–H groups in total. The number of pyridine rings is 1. The SMILES string of the molecule is Cc1ccc(-c2cn3ccc(=O)cc3[nH]2)s1. The molecule has 0 aliphatic rings. The van der Waals surface area contributed by atoms with Gasteiger partial charge in [0.1, 0.15) is 5.65 Å². The third-order valence-corrected chi connectivity index (χ3v) is 3.53. The van der Waals surface area contributed by atoms with Gasteiger partial charge in [-0.25, -0.2) is 0 Å². The third kappa shape index (κ3) is 1.47. The maximum Gasteiger partial charge on any atom is 0.183 e. The van der Waals surface area contributed by atoms with Crippen molar-refractivity contribution in [3.63, 3.8) is 0 Å². The van der Waals surface area contributed by atoms with Gasteiger partial charge < -0.3 is 9.38 Å². The Balaban J connectivity index is 2.22. The molecular weight excluding hydrogens is 220 g/mol. The number of fused-ring (bicyclic) bond motifs is 1. The number of imidazole rings is 1. The van der Waals surface area contributed by atoms with Crippen LogP contribution in [0, 0.1) is 6.92 Å². The van der Waals surface area contributed by atoms with Crippen molar-refractivity contribution in [2.75, 3.05) is 0 Å². The van der Waals surface area contributed by atoms with Gasteiger partial charge in [0.15, 0.2) is 5.43 Å². The fourth-order valence-electron chi connectivity index (χ4n) is 1.72. The van der Waals surface area contributed by atoms with Crippen molar-refractivity contribution in [3.8, 4) is 10.6 Å². The molecule has 4 heteroatoms. The molecule has 3 nitrogen and oxygen atoms in total. The zero-order chi connectivity index (χ0) is 11.1. The van der Waals surface area contributed by atoms with Crippen LogP contribution in [0.1, 0.15) is 4.88 Å². The summed E-state index contributed by atoms with van der Waals surface area (Å²) in [5.41, 5.74) is 1.90. The Labute approximate surface area is 96.0 Å². The smallest absolute Gasteiger partial charge is 0.183 e. The molecular formula is C12H10N2OS. The number of aryl methyl sites for hydroxylation is 1. The Morgan fingerprint density at radius 3 is 2.94 bits per heavy atom. The maximum atomic E-state index is 11.2. The molecule has 3 heterocycles. The van der Waals surface area contributed by atoms with Crippen molar-refractivity contribution in [2.45, 2.75) is 6.92 Å². The van der Waals surface area contributed by atoms with Crippen LogP contribution in [0.2, 0.25) is 0 Å². The number of H-pyrrole nitrogens is 1. The largest absolute Gasteiger partial charge is 0.339 e. The van der Waals surface area contributed by atoms with E-state index >= 15 is 0 Å². The van der Waals surface area contributed by atoms with Gasteiger partial charge in [0.25, 0.3) is 0 Å². The summed E-state index contributed by atoms with van der Waals surface area (Å²) >= 11 is 1.74. The molecule has 0 aromatic carbocycles. The van der Waals surface area contributed by atoms with Crippen molar-refractivity contribution >= 4 is 17.0 Å². The van der Waals surface area contributed by atoms with Crippen LogP contribution < -0.4 is 5.43 Å². The normalized spacial score (nSPS) is 11.1. The third-order valence-electron chi connectivity index (χ3n) is 2.49. The van der Waals surface area contributed by atoms with Crippen molar-refractivity contribution in [3.05, 3.63) is 51.8 Å². The van der Waals surface area contributed by atoms with E-state index in [0.717, 1.165) is 11.3 Å². The van der Waals surface area contributed by atoms with E-state index in [0.29, 0.717) is 0 Å². The molecule has 16 heavy (non-hydrogen) atoms.